The van der Waals surface area contributed by atoms with Crippen molar-refractivity contribution in [3.8, 4) is 11.4 Å². The summed E-state index contributed by atoms with van der Waals surface area (Å²) < 4.78 is 13.2. The Hall–Kier alpha value is -2.01. The minimum Gasteiger partial charge on any atom is -0.306 e. The lowest BCUT2D eigenvalue weighted by molar-refractivity contribution is 0.145. The van der Waals surface area contributed by atoms with Crippen LogP contribution in [0.2, 0.25) is 0 Å². The molecular weight excluding hydrogens is 293 g/mol. The summed E-state index contributed by atoms with van der Waals surface area (Å²) in [5, 5.41) is 0. The van der Waals surface area contributed by atoms with Gasteiger partial charge in [0.25, 0.3) is 5.56 Å². The number of nitrogens with zero attached hydrogens (tertiary/aromatic N) is 2. The highest BCUT2D eigenvalue weighted by molar-refractivity contribution is 5.55. The van der Waals surface area contributed by atoms with Crippen LogP contribution >= 0.6 is 0 Å². The van der Waals surface area contributed by atoms with E-state index in [9.17, 15) is 9.18 Å². The van der Waals surface area contributed by atoms with Gasteiger partial charge in [0, 0.05) is 36.5 Å². The van der Waals surface area contributed by atoms with Gasteiger partial charge >= 0.3 is 0 Å². The van der Waals surface area contributed by atoms with E-state index in [1.165, 1.54) is 5.56 Å². The molecule has 122 valence electrons. The number of likely N-dealkylation sites (tertiary alicyclic amines) is 1. The van der Waals surface area contributed by atoms with Crippen LogP contribution in [0.1, 0.15) is 29.7 Å². The van der Waals surface area contributed by atoms with Gasteiger partial charge in [0.2, 0.25) is 0 Å². The number of alkyl halides is 1. The van der Waals surface area contributed by atoms with Crippen molar-refractivity contribution >= 4 is 0 Å². The summed E-state index contributed by atoms with van der Waals surface area (Å²) >= 11 is 0. The number of H-pyrrole nitrogens is 1. The van der Waals surface area contributed by atoms with E-state index in [1.807, 2.05) is 31.2 Å². The first-order valence-corrected chi connectivity index (χ1v) is 8.06. The van der Waals surface area contributed by atoms with E-state index >= 15 is 0 Å². The molecule has 0 amide bonds. The molecule has 0 radical (unpaired) electrons. The lowest BCUT2D eigenvalue weighted by atomic mass is 10.1. The number of piperidine rings is 1. The highest BCUT2D eigenvalue weighted by Crippen LogP contribution is 2.19. The topological polar surface area (TPSA) is 49.0 Å². The Bertz CT molecular complexity index is 731. The number of rotatable bonds is 3. The summed E-state index contributed by atoms with van der Waals surface area (Å²) in [6.07, 6.45) is 0.624. The maximum Gasteiger partial charge on any atom is 0.254 e. The fourth-order valence-corrected chi connectivity index (χ4v) is 2.87. The van der Waals surface area contributed by atoms with Gasteiger partial charge in [-0.1, -0.05) is 24.3 Å². The van der Waals surface area contributed by atoms with Gasteiger partial charge in [-0.2, -0.15) is 0 Å². The Morgan fingerprint density at radius 1 is 1.22 bits per heavy atom. The predicted octanol–water partition coefficient (Wildman–Crippen LogP) is 2.99. The van der Waals surface area contributed by atoms with Crippen molar-refractivity contribution in [3.63, 3.8) is 0 Å². The Labute approximate surface area is 135 Å². The van der Waals surface area contributed by atoms with Gasteiger partial charge in [-0.15, -0.1) is 0 Å². The molecule has 2 aromatic rings. The van der Waals surface area contributed by atoms with Crippen LogP contribution in [0.15, 0.2) is 29.1 Å². The maximum absolute atomic E-state index is 13.2. The fourth-order valence-electron chi connectivity index (χ4n) is 2.87. The molecule has 3 rings (SSSR count). The first-order chi connectivity index (χ1) is 11.0. The zero-order chi connectivity index (χ0) is 16.4. The van der Waals surface area contributed by atoms with Crippen LogP contribution in [0.4, 0.5) is 4.39 Å². The van der Waals surface area contributed by atoms with E-state index in [1.54, 1.807) is 6.92 Å². The van der Waals surface area contributed by atoms with Gasteiger partial charge in [0.1, 0.15) is 12.0 Å². The smallest absolute Gasteiger partial charge is 0.254 e. The third-order valence-electron chi connectivity index (χ3n) is 4.55. The summed E-state index contributed by atoms with van der Waals surface area (Å²) in [4.78, 5) is 21.4. The molecule has 0 atom stereocenters. The number of aryl methyl sites for hydroxylation is 1. The van der Waals surface area contributed by atoms with E-state index in [2.05, 4.69) is 14.9 Å². The number of hydrogen-bond acceptors (Lipinski definition) is 3. The Balaban J connectivity index is 1.73. The number of benzene rings is 1. The number of aromatic nitrogens is 2. The summed E-state index contributed by atoms with van der Waals surface area (Å²) in [6, 6.07) is 8.05. The predicted molar refractivity (Wildman–Crippen MR) is 89.2 cm³/mol. The first-order valence-electron chi connectivity index (χ1n) is 8.06. The average Bonchev–Trinajstić information content (AvgIpc) is 2.55. The Morgan fingerprint density at radius 3 is 2.48 bits per heavy atom. The maximum atomic E-state index is 13.2. The van der Waals surface area contributed by atoms with Crippen molar-refractivity contribution in [2.24, 2.45) is 0 Å². The molecular formula is C18H22FN3O. The molecule has 1 N–H and O–H groups in total. The van der Waals surface area contributed by atoms with Gasteiger partial charge in [0.15, 0.2) is 0 Å². The summed E-state index contributed by atoms with van der Waals surface area (Å²) in [7, 11) is 0. The van der Waals surface area contributed by atoms with Crippen LogP contribution in [-0.4, -0.2) is 34.1 Å². The molecule has 1 saturated heterocycles. The van der Waals surface area contributed by atoms with E-state index in [0.29, 0.717) is 24.2 Å². The van der Waals surface area contributed by atoms with E-state index in [0.717, 1.165) is 30.9 Å². The van der Waals surface area contributed by atoms with Crippen molar-refractivity contribution < 1.29 is 4.39 Å². The van der Waals surface area contributed by atoms with Crippen molar-refractivity contribution in [1.82, 2.24) is 14.9 Å². The van der Waals surface area contributed by atoms with Crippen LogP contribution in [0, 0.1) is 13.8 Å². The highest BCUT2D eigenvalue weighted by atomic mass is 19.1. The van der Waals surface area contributed by atoms with Gasteiger partial charge in [0.05, 0.1) is 0 Å². The summed E-state index contributed by atoms with van der Waals surface area (Å²) in [5.74, 6) is 0.600. The largest absolute Gasteiger partial charge is 0.306 e. The van der Waals surface area contributed by atoms with Crippen molar-refractivity contribution in [3.05, 3.63) is 51.4 Å². The van der Waals surface area contributed by atoms with Crippen molar-refractivity contribution in [2.45, 2.75) is 39.4 Å². The zero-order valence-electron chi connectivity index (χ0n) is 13.6. The summed E-state index contributed by atoms with van der Waals surface area (Å²) in [6.45, 7) is 6.08. The Kier molecular flexibility index (Phi) is 4.57. The number of halogens is 1. The van der Waals surface area contributed by atoms with Crippen LogP contribution in [0.3, 0.4) is 0 Å². The molecule has 1 aromatic heterocycles. The molecule has 4 nitrogen and oxygen atoms in total. The SMILES string of the molecule is Cc1nc(-c2ccc(CN3CCC(F)CC3)cc2)[nH]c(=O)c1C. The third kappa shape index (κ3) is 3.67. The lowest BCUT2D eigenvalue weighted by Crippen LogP contribution is -2.33. The minimum atomic E-state index is -0.638. The zero-order valence-corrected chi connectivity index (χ0v) is 13.6. The highest BCUT2D eigenvalue weighted by Gasteiger charge is 2.18. The number of aromatic amines is 1. The molecule has 5 heteroatoms. The first kappa shape index (κ1) is 15.9. The minimum absolute atomic E-state index is 0.0920. The molecule has 1 aromatic carbocycles. The molecule has 0 bridgehead atoms. The second-order valence-electron chi connectivity index (χ2n) is 6.27. The van der Waals surface area contributed by atoms with Gasteiger partial charge in [-0.3, -0.25) is 9.69 Å². The van der Waals surface area contributed by atoms with Crippen molar-refractivity contribution in [2.75, 3.05) is 13.1 Å². The molecule has 1 fully saturated rings. The van der Waals surface area contributed by atoms with Crippen LogP contribution in [-0.2, 0) is 6.54 Å². The van der Waals surface area contributed by atoms with Gasteiger partial charge in [-0.25, -0.2) is 9.37 Å². The van der Waals surface area contributed by atoms with Gasteiger partial charge in [-0.05, 0) is 32.3 Å². The van der Waals surface area contributed by atoms with E-state index in [-0.39, 0.29) is 5.56 Å². The normalized spacial score (nSPS) is 16.7. The van der Waals surface area contributed by atoms with E-state index in [4.69, 9.17) is 0 Å². The second-order valence-corrected chi connectivity index (χ2v) is 6.27. The monoisotopic (exact) mass is 315 g/mol. The van der Waals surface area contributed by atoms with Crippen LogP contribution in [0.5, 0.6) is 0 Å². The Morgan fingerprint density at radius 2 is 1.87 bits per heavy atom. The standard InChI is InChI=1S/C18H22FN3O/c1-12-13(2)20-17(21-18(12)23)15-5-3-14(4-6-15)11-22-9-7-16(19)8-10-22/h3-6,16H,7-11H2,1-2H3,(H,20,21,23). The van der Waals surface area contributed by atoms with Gasteiger partial charge < -0.3 is 4.98 Å². The molecule has 2 heterocycles. The average molecular weight is 315 g/mol. The molecule has 0 spiro atoms. The molecule has 0 aliphatic carbocycles. The number of nitrogens with one attached hydrogen (secondary N) is 1. The summed E-state index contributed by atoms with van der Waals surface area (Å²) in [5.41, 5.74) is 3.41. The molecule has 1 aliphatic heterocycles. The fraction of sp³-hybridized carbons (Fsp3) is 0.444. The quantitative estimate of drug-likeness (QED) is 0.947. The van der Waals surface area contributed by atoms with Crippen LogP contribution in [0.25, 0.3) is 11.4 Å². The molecule has 0 saturated carbocycles. The third-order valence-corrected chi connectivity index (χ3v) is 4.55. The lowest BCUT2D eigenvalue weighted by Gasteiger charge is -2.28. The second kappa shape index (κ2) is 6.62. The van der Waals surface area contributed by atoms with Crippen LogP contribution < -0.4 is 5.56 Å². The molecule has 1 aliphatic rings. The van der Waals surface area contributed by atoms with Crippen molar-refractivity contribution in [1.29, 1.82) is 0 Å². The number of hydrogen-bond donors (Lipinski definition) is 1. The van der Waals surface area contributed by atoms with E-state index < -0.39 is 6.17 Å². The molecule has 0 unspecified atom stereocenters. The molecule has 23 heavy (non-hydrogen) atoms.